The second-order valence-electron chi connectivity index (χ2n) is 4.96. The highest BCUT2D eigenvalue weighted by atomic mass is 15.2. The van der Waals surface area contributed by atoms with Gasteiger partial charge in [-0.2, -0.15) is 0 Å². The van der Waals surface area contributed by atoms with Crippen molar-refractivity contribution in [3.63, 3.8) is 0 Å². The van der Waals surface area contributed by atoms with Gasteiger partial charge in [-0.25, -0.2) is 4.98 Å². The molecule has 0 amide bonds. The highest BCUT2D eigenvalue weighted by Crippen LogP contribution is 2.20. The fourth-order valence-electron chi connectivity index (χ4n) is 1.37. The molecule has 0 saturated heterocycles. The van der Waals surface area contributed by atoms with Crippen molar-refractivity contribution in [2.24, 2.45) is 5.41 Å². The van der Waals surface area contributed by atoms with E-state index in [1.807, 2.05) is 14.0 Å². The molecular weight excluding hydrogens is 174 g/mol. The van der Waals surface area contributed by atoms with Crippen molar-refractivity contribution >= 4 is 5.95 Å². The lowest BCUT2D eigenvalue weighted by Gasteiger charge is -2.18. The van der Waals surface area contributed by atoms with E-state index >= 15 is 0 Å². The Morgan fingerprint density at radius 2 is 2.07 bits per heavy atom. The van der Waals surface area contributed by atoms with Gasteiger partial charge in [0.2, 0.25) is 5.95 Å². The molecule has 0 aliphatic rings. The van der Waals surface area contributed by atoms with E-state index < -0.39 is 0 Å². The first-order chi connectivity index (χ1) is 6.42. The van der Waals surface area contributed by atoms with Crippen LogP contribution in [0.1, 0.15) is 32.9 Å². The summed E-state index contributed by atoms with van der Waals surface area (Å²) in [6.07, 6.45) is 3.26. The zero-order chi connectivity index (χ0) is 10.8. The highest BCUT2D eigenvalue weighted by molar-refractivity contribution is 5.27. The van der Waals surface area contributed by atoms with Crippen LogP contribution in [0.5, 0.6) is 0 Å². The molecule has 0 aliphatic carbocycles. The lowest BCUT2D eigenvalue weighted by atomic mass is 9.92. The van der Waals surface area contributed by atoms with Crippen molar-refractivity contribution in [3.05, 3.63) is 11.9 Å². The van der Waals surface area contributed by atoms with Gasteiger partial charge in [0.05, 0.1) is 5.69 Å². The summed E-state index contributed by atoms with van der Waals surface area (Å²) in [5.41, 5.74) is 1.45. The van der Waals surface area contributed by atoms with Gasteiger partial charge in [-0.15, -0.1) is 0 Å². The van der Waals surface area contributed by atoms with Gasteiger partial charge in [-0.3, -0.25) is 0 Å². The van der Waals surface area contributed by atoms with Crippen molar-refractivity contribution < 1.29 is 0 Å². The monoisotopic (exact) mass is 195 g/mol. The van der Waals surface area contributed by atoms with Crippen LogP contribution < -0.4 is 5.32 Å². The summed E-state index contributed by atoms with van der Waals surface area (Å²) in [5.74, 6) is 0.965. The molecule has 1 aromatic rings. The van der Waals surface area contributed by atoms with E-state index in [2.05, 4.69) is 41.8 Å². The molecule has 80 valence electrons. The van der Waals surface area contributed by atoms with E-state index in [-0.39, 0.29) is 0 Å². The first kappa shape index (κ1) is 11.1. The van der Waals surface area contributed by atoms with Gasteiger partial charge in [-0.1, -0.05) is 20.8 Å². The molecule has 0 atom stereocenters. The number of rotatable bonds is 3. The molecule has 14 heavy (non-hydrogen) atoms. The minimum atomic E-state index is 0.378. The van der Waals surface area contributed by atoms with Gasteiger partial charge >= 0.3 is 0 Å². The third kappa shape index (κ3) is 3.05. The molecule has 1 rings (SSSR count). The predicted octanol–water partition coefficient (Wildman–Crippen LogP) is 2.67. The molecule has 0 saturated carbocycles. The van der Waals surface area contributed by atoms with E-state index in [1.54, 1.807) is 0 Å². The maximum atomic E-state index is 4.38. The molecule has 0 bridgehead atoms. The maximum absolute atomic E-state index is 4.38. The van der Waals surface area contributed by atoms with Gasteiger partial charge in [0.15, 0.2) is 0 Å². The summed E-state index contributed by atoms with van der Waals surface area (Å²) in [6, 6.07) is 0. The predicted molar refractivity (Wildman–Crippen MR) is 60.6 cm³/mol. The summed E-state index contributed by atoms with van der Waals surface area (Å²) in [4.78, 5) is 4.38. The van der Waals surface area contributed by atoms with Crippen molar-refractivity contribution in [1.29, 1.82) is 0 Å². The summed E-state index contributed by atoms with van der Waals surface area (Å²) < 4.78 is 2.18. The van der Waals surface area contributed by atoms with Gasteiger partial charge < -0.3 is 9.88 Å². The van der Waals surface area contributed by atoms with Crippen molar-refractivity contribution in [2.45, 2.75) is 40.7 Å². The Labute approximate surface area is 86.5 Å². The number of imidazole rings is 1. The number of hydrogen-bond donors (Lipinski definition) is 1. The fraction of sp³-hybridized carbons (Fsp3) is 0.727. The third-order valence-corrected chi connectivity index (χ3v) is 2.22. The van der Waals surface area contributed by atoms with Gasteiger partial charge in [0.1, 0.15) is 0 Å². The van der Waals surface area contributed by atoms with Crippen LogP contribution in [0.25, 0.3) is 0 Å². The number of hydrogen-bond acceptors (Lipinski definition) is 2. The second kappa shape index (κ2) is 4.03. The van der Waals surface area contributed by atoms with E-state index in [0.29, 0.717) is 5.41 Å². The van der Waals surface area contributed by atoms with Crippen LogP contribution in [0.4, 0.5) is 5.95 Å². The Morgan fingerprint density at radius 3 is 2.57 bits per heavy atom. The van der Waals surface area contributed by atoms with E-state index in [9.17, 15) is 0 Å². The quantitative estimate of drug-likeness (QED) is 0.803. The van der Waals surface area contributed by atoms with Gasteiger partial charge in [0, 0.05) is 19.8 Å². The minimum absolute atomic E-state index is 0.378. The van der Waals surface area contributed by atoms with Crippen LogP contribution in [0.3, 0.4) is 0 Å². The van der Waals surface area contributed by atoms with Crippen LogP contribution in [0, 0.1) is 12.3 Å². The molecule has 0 fully saturated rings. The van der Waals surface area contributed by atoms with E-state index in [4.69, 9.17) is 0 Å². The lowest BCUT2D eigenvalue weighted by Crippen LogP contribution is -2.11. The Morgan fingerprint density at radius 1 is 1.43 bits per heavy atom. The first-order valence-electron chi connectivity index (χ1n) is 5.14. The molecule has 0 aromatic carbocycles. The molecule has 0 radical (unpaired) electrons. The first-order valence-corrected chi connectivity index (χ1v) is 5.14. The molecule has 3 heteroatoms. The molecule has 0 aliphatic heterocycles. The molecule has 1 aromatic heterocycles. The maximum Gasteiger partial charge on any atom is 0.202 e. The number of aromatic nitrogens is 2. The summed E-state index contributed by atoms with van der Waals surface area (Å²) >= 11 is 0. The van der Waals surface area contributed by atoms with Gasteiger partial charge in [0.25, 0.3) is 0 Å². The zero-order valence-electron chi connectivity index (χ0n) is 9.89. The molecule has 0 unspecified atom stereocenters. The molecule has 1 heterocycles. The van der Waals surface area contributed by atoms with Gasteiger partial charge in [-0.05, 0) is 18.8 Å². The normalized spacial score (nSPS) is 11.8. The van der Waals surface area contributed by atoms with Crippen molar-refractivity contribution in [3.8, 4) is 0 Å². The number of anilines is 1. The van der Waals surface area contributed by atoms with Crippen LogP contribution in [0.2, 0.25) is 0 Å². The Kier molecular flexibility index (Phi) is 3.19. The SMILES string of the molecule is CNc1nc(C)cn1CCC(C)(C)C. The molecule has 3 nitrogen and oxygen atoms in total. The summed E-state index contributed by atoms with van der Waals surface area (Å²) in [5, 5.41) is 3.10. The summed E-state index contributed by atoms with van der Waals surface area (Å²) in [7, 11) is 1.91. The third-order valence-electron chi connectivity index (χ3n) is 2.22. The van der Waals surface area contributed by atoms with E-state index in [1.165, 1.54) is 0 Å². The molecule has 0 spiro atoms. The second-order valence-corrected chi connectivity index (χ2v) is 4.96. The summed E-state index contributed by atoms with van der Waals surface area (Å²) in [6.45, 7) is 9.83. The molecular formula is C11H21N3. The zero-order valence-corrected chi connectivity index (χ0v) is 9.89. The van der Waals surface area contributed by atoms with Crippen LogP contribution >= 0.6 is 0 Å². The van der Waals surface area contributed by atoms with Crippen LogP contribution in [-0.4, -0.2) is 16.6 Å². The number of aryl methyl sites for hydroxylation is 2. The largest absolute Gasteiger partial charge is 0.359 e. The number of nitrogens with one attached hydrogen (secondary N) is 1. The topological polar surface area (TPSA) is 29.9 Å². The smallest absolute Gasteiger partial charge is 0.202 e. The highest BCUT2D eigenvalue weighted by Gasteiger charge is 2.11. The Bertz CT molecular complexity index is 294. The minimum Gasteiger partial charge on any atom is -0.359 e. The van der Waals surface area contributed by atoms with Crippen molar-refractivity contribution in [2.75, 3.05) is 12.4 Å². The Balaban J connectivity index is 2.66. The van der Waals surface area contributed by atoms with Crippen molar-refractivity contribution in [1.82, 2.24) is 9.55 Å². The fourth-order valence-corrected chi connectivity index (χ4v) is 1.37. The Hall–Kier alpha value is -0.990. The van der Waals surface area contributed by atoms with Crippen LogP contribution in [-0.2, 0) is 6.54 Å². The number of nitrogens with zero attached hydrogens (tertiary/aromatic N) is 2. The average Bonchev–Trinajstić information content (AvgIpc) is 2.41. The molecule has 1 N–H and O–H groups in total. The lowest BCUT2D eigenvalue weighted by molar-refractivity contribution is 0.351. The van der Waals surface area contributed by atoms with Crippen LogP contribution in [0.15, 0.2) is 6.20 Å². The standard InChI is InChI=1S/C11H21N3/c1-9-8-14(10(12-5)13-9)7-6-11(2,3)4/h8H,6-7H2,1-5H3,(H,12,13). The average molecular weight is 195 g/mol. The van der Waals surface area contributed by atoms with E-state index in [0.717, 1.165) is 24.6 Å².